The monoisotopic (exact) mass is 467 g/mol. The average Bonchev–Trinajstić information content (AvgIpc) is 3.15. The number of rotatable bonds is 12. The zero-order valence-corrected chi connectivity index (χ0v) is 20.6. The van der Waals surface area contributed by atoms with Crippen molar-refractivity contribution in [2.45, 2.75) is 59.4 Å². The van der Waals surface area contributed by atoms with Crippen molar-refractivity contribution in [1.29, 1.82) is 0 Å². The van der Waals surface area contributed by atoms with Crippen molar-refractivity contribution < 1.29 is 9.53 Å². The van der Waals surface area contributed by atoms with E-state index in [-0.39, 0.29) is 5.91 Å². The van der Waals surface area contributed by atoms with E-state index in [0.29, 0.717) is 13.2 Å². The minimum Gasteiger partial charge on any atom is -0.494 e. The fourth-order valence-electron chi connectivity index (χ4n) is 3.97. The third-order valence-electron chi connectivity index (χ3n) is 5.63. The normalized spacial score (nSPS) is 11.4. The molecule has 1 aromatic heterocycles. The van der Waals surface area contributed by atoms with Crippen molar-refractivity contribution in [1.82, 2.24) is 14.9 Å². The van der Waals surface area contributed by atoms with Crippen LogP contribution in [-0.2, 0) is 17.8 Å². The number of para-hydroxylation sites is 2. The van der Waals surface area contributed by atoms with Crippen LogP contribution in [0.25, 0.3) is 11.0 Å². The molecule has 2 aromatic carbocycles. The number of hydrogen-bond donors (Lipinski definition) is 1. The van der Waals surface area contributed by atoms with Gasteiger partial charge in [-0.05, 0) is 81.5 Å². The lowest BCUT2D eigenvalue weighted by molar-refractivity contribution is -0.116. The Morgan fingerprint density at radius 1 is 1.12 bits per heavy atom. The van der Waals surface area contributed by atoms with E-state index in [1.807, 2.05) is 39.0 Å². The Morgan fingerprint density at radius 3 is 2.64 bits per heavy atom. The Labute approximate surface area is 201 Å². The van der Waals surface area contributed by atoms with Crippen LogP contribution in [0.2, 0.25) is 5.02 Å². The number of benzene rings is 2. The van der Waals surface area contributed by atoms with E-state index in [9.17, 15) is 4.79 Å². The lowest BCUT2D eigenvalue weighted by Crippen LogP contribution is -2.21. The van der Waals surface area contributed by atoms with Crippen molar-refractivity contribution in [2.75, 3.05) is 13.2 Å². The number of hydrogen-bond acceptors (Lipinski definition) is 3. The highest BCUT2D eigenvalue weighted by atomic mass is 35.5. The summed E-state index contributed by atoms with van der Waals surface area (Å²) in [6, 6.07) is 12.3. The molecule has 0 unspecified atom stereocenters. The van der Waals surface area contributed by atoms with Gasteiger partial charge in [-0.15, -0.1) is 0 Å². The number of nitrogens with zero attached hydrogens (tertiary/aromatic N) is 2. The molecule has 0 aliphatic heterocycles. The fourth-order valence-corrected chi connectivity index (χ4v) is 4.08. The summed E-state index contributed by atoms with van der Waals surface area (Å²) in [7, 11) is 0. The standard InChI is InChI=1S/C27H34ClN3O2/c1-4-11-26(32)29-15-9-5-6-14-25-30-23-12-7-8-13-24(23)31(25)16-10-17-33-22-18-20(2)27(28)21(3)19-22/h4,7-8,11-13,18-19H,5-6,9-10,14-17H2,1-3H3,(H,29,32)/b11-4+. The number of carbonyl (C=O) groups is 1. The van der Waals surface area contributed by atoms with Crippen molar-refractivity contribution in [2.24, 2.45) is 0 Å². The summed E-state index contributed by atoms with van der Waals surface area (Å²) in [5.74, 6) is 1.96. The Kier molecular flexibility index (Phi) is 9.37. The molecule has 0 saturated carbocycles. The quantitative estimate of drug-likeness (QED) is 0.255. The molecule has 0 aliphatic rings. The van der Waals surface area contributed by atoms with Gasteiger partial charge in [-0.2, -0.15) is 0 Å². The zero-order chi connectivity index (χ0) is 23.6. The Morgan fingerprint density at radius 2 is 1.88 bits per heavy atom. The molecule has 0 saturated heterocycles. The molecule has 0 fully saturated rings. The molecule has 33 heavy (non-hydrogen) atoms. The molecule has 0 spiro atoms. The third kappa shape index (κ3) is 7.10. The molecule has 0 radical (unpaired) electrons. The summed E-state index contributed by atoms with van der Waals surface area (Å²) in [5.41, 5.74) is 4.28. The average molecular weight is 468 g/mol. The molecule has 3 aromatic rings. The zero-order valence-electron chi connectivity index (χ0n) is 19.9. The van der Waals surface area contributed by atoms with Gasteiger partial charge in [0.05, 0.1) is 17.6 Å². The lowest BCUT2D eigenvalue weighted by Gasteiger charge is -2.12. The summed E-state index contributed by atoms with van der Waals surface area (Å²) >= 11 is 6.26. The lowest BCUT2D eigenvalue weighted by atomic mass is 10.1. The van der Waals surface area contributed by atoms with E-state index in [1.54, 1.807) is 12.2 Å². The third-order valence-corrected chi connectivity index (χ3v) is 6.23. The van der Waals surface area contributed by atoms with Crippen LogP contribution in [0.1, 0.15) is 49.6 Å². The van der Waals surface area contributed by atoms with Crippen LogP contribution in [0.5, 0.6) is 5.75 Å². The highest BCUT2D eigenvalue weighted by molar-refractivity contribution is 6.32. The van der Waals surface area contributed by atoms with Gasteiger partial charge in [0.15, 0.2) is 0 Å². The molecular weight excluding hydrogens is 434 g/mol. The first-order chi connectivity index (χ1) is 16.0. The second kappa shape index (κ2) is 12.4. The molecule has 5 nitrogen and oxygen atoms in total. The molecule has 1 heterocycles. The molecule has 3 rings (SSSR count). The molecule has 176 valence electrons. The topological polar surface area (TPSA) is 56.2 Å². The number of fused-ring (bicyclic) bond motifs is 1. The predicted octanol–water partition coefficient (Wildman–Crippen LogP) is 6.18. The molecule has 6 heteroatoms. The van der Waals surface area contributed by atoms with Crippen LogP contribution in [0, 0.1) is 13.8 Å². The number of ether oxygens (including phenoxy) is 1. The number of halogens is 1. The van der Waals surface area contributed by atoms with Gasteiger partial charge in [0.1, 0.15) is 11.6 Å². The molecule has 0 aliphatic carbocycles. The van der Waals surface area contributed by atoms with E-state index in [0.717, 1.165) is 71.9 Å². The van der Waals surface area contributed by atoms with Crippen LogP contribution in [0.15, 0.2) is 48.6 Å². The Hall–Kier alpha value is -2.79. The number of nitrogens with one attached hydrogen (secondary N) is 1. The summed E-state index contributed by atoms with van der Waals surface area (Å²) < 4.78 is 8.33. The van der Waals surface area contributed by atoms with Crippen LogP contribution < -0.4 is 10.1 Å². The smallest absolute Gasteiger partial charge is 0.243 e. The van der Waals surface area contributed by atoms with Gasteiger partial charge in [-0.25, -0.2) is 4.98 Å². The van der Waals surface area contributed by atoms with Gasteiger partial charge >= 0.3 is 0 Å². The highest BCUT2D eigenvalue weighted by Crippen LogP contribution is 2.26. The van der Waals surface area contributed by atoms with Crippen molar-refractivity contribution in [3.05, 3.63) is 70.5 Å². The maximum atomic E-state index is 11.5. The largest absolute Gasteiger partial charge is 0.494 e. The number of aromatic nitrogens is 2. The first-order valence-electron chi connectivity index (χ1n) is 11.7. The van der Waals surface area contributed by atoms with Crippen LogP contribution >= 0.6 is 11.6 Å². The number of aryl methyl sites for hydroxylation is 4. The second-order valence-electron chi connectivity index (χ2n) is 8.34. The second-order valence-corrected chi connectivity index (χ2v) is 8.72. The number of amides is 1. The summed E-state index contributed by atoms with van der Waals surface area (Å²) in [6.45, 7) is 8.06. The van der Waals surface area contributed by atoms with E-state index in [2.05, 4.69) is 28.1 Å². The molecule has 1 amide bonds. The van der Waals surface area contributed by atoms with Gasteiger partial charge in [-0.1, -0.05) is 36.2 Å². The van der Waals surface area contributed by atoms with Crippen LogP contribution in [0.4, 0.5) is 0 Å². The van der Waals surface area contributed by atoms with Gasteiger partial charge in [0, 0.05) is 24.5 Å². The summed E-state index contributed by atoms with van der Waals surface area (Å²) in [6.07, 6.45) is 8.19. The fraction of sp³-hybridized carbons (Fsp3) is 0.407. The number of carbonyl (C=O) groups excluding carboxylic acids is 1. The molecule has 1 N–H and O–H groups in total. The Balaban J connectivity index is 1.52. The van der Waals surface area contributed by atoms with E-state index >= 15 is 0 Å². The van der Waals surface area contributed by atoms with Crippen molar-refractivity contribution in [3.8, 4) is 5.75 Å². The highest BCUT2D eigenvalue weighted by Gasteiger charge is 2.10. The summed E-state index contributed by atoms with van der Waals surface area (Å²) in [4.78, 5) is 16.4. The van der Waals surface area contributed by atoms with Gasteiger partial charge in [-0.3, -0.25) is 4.79 Å². The van der Waals surface area contributed by atoms with Crippen molar-refractivity contribution in [3.63, 3.8) is 0 Å². The van der Waals surface area contributed by atoms with E-state index < -0.39 is 0 Å². The van der Waals surface area contributed by atoms with Gasteiger partial charge in [0.2, 0.25) is 5.91 Å². The number of imidazole rings is 1. The van der Waals surface area contributed by atoms with Crippen molar-refractivity contribution >= 4 is 28.5 Å². The molecule has 0 atom stereocenters. The number of allylic oxidation sites excluding steroid dienone is 1. The summed E-state index contributed by atoms with van der Waals surface area (Å²) in [5, 5.41) is 3.71. The van der Waals surface area contributed by atoms with Gasteiger partial charge in [0.25, 0.3) is 0 Å². The molecule has 0 bridgehead atoms. The first kappa shape index (κ1) is 24.8. The van der Waals surface area contributed by atoms with Gasteiger partial charge < -0.3 is 14.6 Å². The Bertz CT molecular complexity index is 1080. The molecular formula is C27H34ClN3O2. The predicted molar refractivity (Wildman–Crippen MR) is 136 cm³/mol. The van der Waals surface area contributed by atoms with E-state index in [1.165, 1.54) is 5.52 Å². The number of unbranched alkanes of at least 4 members (excludes halogenated alkanes) is 2. The first-order valence-corrected chi connectivity index (χ1v) is 12.1. The van der Waals surface area contributed by atoms with Crippen LogP contribution in [-0.4, -0.2) is 28.6 Å². The van der Waals surface area contributed by atoms with Crippen LogP contribution in [0.3, 0.4) is 0 Å². The minimum absolute atomic E-state index is 0.0227. The maximum Gasteiger partial charge on any atom is 0.243 e. The minimum atomic E-state index is -0.0227. The van der Waals surface area contributed by atoms with E-state index in [4.69, 9.17) is 21.3 Å². The SMILES string of the molecule is C/C=C/C(=O)NCCCCCc1nc2ccccc2n1CCCOc1cc(C)c(Cl)c(C)c1. The maximum absolute atomic E-state index is 11.5.